The molecule has 0 aliphatic rings. The number of hydrogen-bond acceptors (Lipinski definition) is 5. The van der Waals surface area contributed by atoms with Gasteiger partial charge in [-0.1, -0.05) is 37.3 Å². The molecule has 1 rings (SSSR count). The minimum Gasteiger partial charge on any atom is -0.466 e. The van der Waals surface area contributed by atoms with Crippen LogP contribution < -0.4 is 0 Å². The molecule has 5 heteroatoms. The lowest BCUT2D eigenvalue weighted by Crippen LogP contribution is -2.42. The number of aliphatic hydroxyl groups is 1. The standard InChI is InChI=1S/C8H10.C5H6O5/c1-2-8-6-4-3-5-7-8;1-10-4(8)5(9,2-6)3-7/h3-7H,2H2,1H3;2-3,9H,1H3. The summed E-state index contributed by atoms with van der Waals surface area (Å²) in [6, 6.07) is 10.5. The van der Waals surface area contributed by atoms with Gasteiger partial charge in [0.25, 0.3) is 5.60 Å². The van der Waals surface area contributed by atoms with Gasteiger partial charge in [-0.3, -0.25) is 9.59 Å². The maximum absolute atomic E-state index is 10.4. The topological polar surface area (TPSA) is 80.7 Å². The van der Waals surface area contributed by atoms with Crippen LogP contribution in [0.25, 0.3) is 0 Å². The lowest BCUT2D eigenvalue weighted by atomic mass is 10.1. The predicted molar refractivity (Wildman–Crippen MR) is 64.9 cm³/mol. The van der Waals surface area contributed by atoms with Gasteiger partial charge in [0.2, 0.25) is 0 Å². The van der Waals surface area contributed by atoms with Gasteiger partial charge in [-0.2, -0.15) is 0 Å². The Morgan fingerprint density at radius 1 is 1.28 bits per heavy atom. The minimum absolute atomic E-state index is 0.189. The van der Waals surface area contributed by atoms with E-state index in [1.165, 1.54) is 5.56 Å². The van der Waals surface area contributed by atoms with Crippen molar-refractivity contribution < 1.29 is 24.2 Å². The van der Waals surface area contributed by atoms with Gasteiger partial charge in [0.05, 0.1) is 7.11 Å². The fraction of sp³-hybridized carbons (Fsp3) is 0.308. The van der Waals surface area contributed by atoms with Gasteiger partial charge in [0.1, 0.15) is 0 Å². The molecule has 0 atom stereocenters. The maximum atomic E-state index is 10.4. The van der Waals surface area contributed by atoms with Crippen LogP contribution in [0.15, 0.2) is 30.3 Å². The van der Waals surface area contributed by atoms with Gasteiger partial charge < -0.3 is 9.84 Å². The first-order valence-electron chi connectivity index (χ1n) is 5.31. The molecule has 0 amide bonds. The summed E-state index contributed by atoms with van der Waals surface area (Å²) in [5, 5.41) is 8.69. The molecule has 1 N–H and O–H groups in total. The van der Waals surface area contributed by atoms with Crippen LogP contribution in [-0.2, 0) is 25.5 Å². The highest BCUT2D eigenvalue weighted by molar-refractivity contribution is 6.11. The zero-order valence-electron chi connectivity index (χ0n) is 10.3. The van der Waals surface area contributed by atoms with E-state index in [0.29, 0.717) is 0 Å². The smallest absolute Gasteiger partial charge is 0.353 e. The van der Waals surface area contributed by atoms with Crippen LogP contribution in [0.5, 0.6) is 0 Å². The first-order valence-corrected chi connectivity index (χ1v) is 5.31. The van der Waals surface area contributed by atoms with Crippen molar-refractivity contribution in [2.75, 3.05) is 7.11 Å². The van der Waals surface area contributed by atoms with Crippen molar-refractivity contribution in [1.29, 1.82) is 0 Å². The van der Waals surface area contributed by atoms with Crippen LogP contribution in [0.4, 0.5) is 0 Å². The van der Waals surface area contributed by atoms with Crippen molar-refractivity contribution in [3.05, 3.63) is 35.9 Å². The second kappa shape index (κ2) is 8.14. The molecule has 0 heterocycles. The molecule has 18 heavy (non-hydrogen) atoms. The van der Waals surface area contributed by atoms with Crippen molar-refractivity contribution in [2.24, 2.45) is 0 Å². The summed E-state index contributed by atoms with van der Waals surface area (Å²) >= 11 is 0. The van der Waals surface area contributed by atoms with E-state index < -0.39 is 11.6 Å². The SMILES string of the molecule is CCc1ccccc1.COC(=O)C(O)(C=O)C=O. The monoisotopic (exact) mass is 252 g/mol. The molecule has 0 fully saturated rings. The Kier molecular flexibility index (Phi) is 7.23. The number of hydrogen-bond donors (Lipinski definition) is 1. The fourth-order valence-electron chi connectivity index (χ4n) is 1.00. The van der Waals surface area contributed by atoms with Gasteiger partial charge in [0, 0.05) is 0 Å². The van der Waals surface area contributed by atoms with E-state index in [2.05, 4.69) is 35.9 Å². The number of esters is 1. The molecular weight excluding hydrogens is 236 g/mol. The van der Waals surface area contributed by atoms with Crippen molar-refractivity contribution in [3.63, 3.8) is 0 Å². The van der Waals surface area contributed by atoms with Crippen LogP contribution in [0.2, 0.25) is 0 Å². The Hall–Kier alpha value is -2.01. The number of aryl methyl sites for hydroxylation is 1. The lowest BCUT2D eigenvalue weighted by Gasteiger charge is -2.09. The van der Waals surface area contributed by atoms with Crippen LogP contribution in [0.1, 0.15) is 12.5 Å². The van der Waals surface area contributed by atoms with Crippen molar-refractivity contribution in [3.8, 4) is 0 Å². The summed E-state index contributed by atoms with van der Waals surface area (Å²) < 4.78 is 3.95. The van der Waals surface area contributed by atoms with Gasteiger partial charge in [-0.25, -0.2) is 4.79 Å². The predicted octanol–water partition coefficient (Wildman–Crippen LogP) is 0.537. The van der Waals surface area contributed by atoms with E-state index in [4.69, 9.17) is 5.11 Å². The number of benzene rings is 1. The normalized spacial score (nSPS) is 9.72. The molecule has 0 aliphatic carbocycles. The molecule has 0 bridgehead atoms. The molecule has 98 valence electrons. The Labute approximate surface area is 105 Å². The van der Waals surface area contributed by atoms with Gasteiger partial charge >= 0.3 is 5.97 Å². The third-order valence-electron chi connectivity index (χ3n) is 2.12. The lowest BCUT2D eigenvalue weighted by molar-refractivity contribution is -0.164. The van der Waals surface area contributed by atoms with E-state index in [9.17, 15) is 14.4 Å². The van der Waals surface area contributed by atoms with Crippen LogP contribution >= 0.6 is 0 Å². The average Bonchev–Trinajstić information content (AvgIpc) is 2.47. The molecule has 0 aliphatic heterocycles. The number of rotatable bonds is 4. The summed E-state index contributed by atoms with van der Waals surface area (Å²) in [6.07, 6.45) is 0.762. The van der Waals surface area contributed by atoms with Gasteiger partial charge in [-0.15, -0.1) is 0 Å². The highest BCUT2D eigenvalue weighted by Gasteiger charge is 2.36. The number of methoxy groups -OCH3 is 1. The summed E-state index contributed by atoms with van der Waals surface area (Å²) in [5.74, 6) is -1.28. The third kappa shape index (κ3) is 4.88. The molecule has 0 saturated carbocycles. The van der Waals surface area contributed by atoms with Gasteiger partial charge in [-0.05, 0) is 12.0 Å². The molecule has 0 radical (unpaired) electrons. The van der Waals surface area contributed by atoms with Crippen molar-refractivity contribution >= 4 is 18.5 Å². The quantitative estimate of drug-likeness (QED) is 0.480. The second-order valence-electron chi connectivity index (χ2n) is 3.39. The largest absolute Gasteiger partial charge is 0.466 e. The molecule has 5 nitrogen and oxygen atoms in total. The Balaban J connectivity index is 0.000000327. The molecule has 1 aromatic rings. The van der Waals surface area contributed by atoms with Crippen LogP contribution in [0.3, 0.4) is 0 Å². The van der Waals surface area contributed by atoms with Gasteiger partial charge in [0.15, 0.2) is 12.6 Å². The number of aldehydes is 2. The molecule has 0 spiro atoms. The third-order valence-corrected chi connectivity index (χ3v) is 2.12. The Morgan fingerprint density at radius 3 is 2.00 bits per heavy atom. The molecule has 0 saturated heterocycles. The van der Waals surface area contributed by atoms with E-state index >= 15 is 0 Å². The zero-order valence-corrected chi connectivity index (χ0v) is 10.3. The average molecular weight is 252 g/mol. The molecular formula is C13H16O5. The summed E-state index contributed by atoms with van der Waals surface area (Å²) in [4.78, 5) is 30.1. The number of carbonyl (C=O) groups excluding carboxylic acids is 3. The number of carbonyl (C=O) groups is 3. The fourth-order valence-corrected chi connectivity index (χ4v) is 1.00. The highest BCUT2D eigenvalue weighted by Crippen LogP contribution is 1.97. The van der Waals surface area contributed by atoms with E-state index in [-0.39, 0.29) is 12.6 Å². The first-order chi connectivity index (χ1) is 8.53. The maximum Gasteiger partial charge on any atom is 0.353 e. The van der Waals surface area contributed by atoms with E-state index in [0.717, 1.165) is 13.5 Å². The summed E-state index contributed by atoms with van der Waals surface area (Å²) in [6.45, 7) is 2.16. The highest BCUT2D eigenvalue weighted by atomic mass is 16.5. The zero-order chi connectivity index (χ0) is 14.0. The Bertz CT molecular complexity index is 378. The van der Waals surface area contributed by atoms with Crippen molar-refractivity contribution in [2.45, 2.75) is 18.9 Å². The van der Waals surface area contributed by atoms with Crippen molar-refractivity contribution in [1.82, 2.24) is 0 Å². The summed E-state index contributed by atoms with van der Waals surface area (Å²) in [7, 11) is 0.959. The van der Waals surface area contributed by atoms with Crippen LogP contribution in [-0.4, -0.2) is 36.4 Å². The Morgan fingerprint density at radius 2 is 1.78 bits per heavy atom. The minimum atomic E-state index is -2.63. The van der Waals surface area contributed by atoms with Crippen LogP contribution in [0, 0.1) is 0 Å². The van der Waals surface area contributed by atoms with E-state index in [1.54, 1.807) is 0 Å². The number of ether oxygens (including phenoxy) is 1. The first kappa shape index (κ1) is 16.0. The molecule has 0 aromatic heterocycles. The second-order valence-corrected chi connectivity index (χ2v) is 3.39. The summed E-state index contributed by atoms with van der Waals surface area (Å²) in [5.41, 5.74) is -1.22. The van der Waals surface area contributed by atoms with E-state index in [1.807, 2.05) is 6.07 Å². The molecule has 1 aromatic carbocycles. The molecule has 0 unspecified atom stereocenters.